The molecule has 0 radical (unpaired) electrons. The molecular formula is C7H15N3O3S. The predicted octanol–water partition coefficient (Wildman–Crippen LogP) is -0.801. The highest BCUT2D eigenvalue weighted by Crippen LogP contribution is 2.15. The summed E-state index contributed by atoms with van der Waals surface area (Å²) >= 11 is 0. The molecule has 1 saturated heterocycles. The SMILES string of the molecule is CS(=O)(=O)C1CCCN(/C(N)=N/O)C1. The molecule has 3 N–H and O–H groups in total. The first-order valence-electron chi connectivity index (χ1n) is 4.36. The van der Waals surface area contributed by atoms with Gasteiger partial charge in [0.05, 0.1) is 5.25 Å². The van der Waals surface area contributed by atoms with Crippen molar-refractivity contribution in [3.05, 3.63) is 0 Å². The Hall–Kier alpha value is -0.980. The number of rotatable bonds is 1. The van der Waals surface area contributed by atoms with Crippen LogP contribution in [0.1, 0.15) is 12.8 Å². The first-order valence-corrected chi connectivity index (χ1v) is 6.32. The van der Waals surface area contributed by atoms with Crippen molar-refractivity contribution in [1.82, 2.24) is 4.90 Å². The van der Waals surface area contributed by atoms with E-state index in [-0.39, 0.29) is 5.96 Å². The Labute approximate surface area is 83.3 Å². The van der Waals surface area contributed by atoms with Gasteiger partial charge in [-0.3, -0.25) is 0 Å². The van der Waals surface area contributed by atoms with Crippen LogP contribution in [-0.4, -0.2) is 49.1 Å². The number of oxime groups is 1. The van der Waals surface area contributed by atoms with Crippen LogP contribution in [0.4, 0.5) is 0 Å². The second-order valence-electron chi connectivity index (χ2n) is 3.50. The van der Waals surface area contributed by atoms with E-state index in [4.69, 9.17) is 10.9 Å². The van der Waals surface area contributed by atoms with Gasteiger partial charge in [-0.2, -0.15) is 0 Å². The maximum absolute atomic E-state index is 11.3. The molecule has 1 heterocycles. The number of hydrogen-bond acceptors (Lipinski definition) is 4. The summed E-state index contributed by atoms with van der Waals surface area (Å²) in [6, 6.07) is 0. The summed E-state index contributed by atoms with van der Waals surface area (Å²) in [6.07, 6.45) is 2.61. The van der Waals surface area contributed by atoms with Crippen molar-refractivity contribution >= 4 is 15.8 Å². The minimum atomic E-state index is -3.03. The lowest BCUT2D eigenvalue weighted by molar-refractivity contribution is 0.283. The van der Waals surface area contributed by atoms with Gasteiger partial charge in [0.1, 0.15) is 0 Å². The molecule has 0 saturated carbocycles. The summed E-state index contributed by atoms with van der Waals surface area (Å²) in [5.41, 5.74) is 5.38. The molecule has 1 aliphatic heterocycles. The van der Waals surface area contributed by atoms with E-state index in [0.717, 1.165) is 6.42 Å². The second kappa shape index (κ2) is 4.04. The zero-order valence-electron chi connectivity index (χ0n) is 8.05. The van der Waals surface area contributed by atoms with Crippen LogP contribution in [0.25, 0.3) is 0 Å². The number of nitrogens with zero attached hydrogens (tertiary/aromatic N) is 2. The molecule has 0 aromatic carbocycles. The lowest BCUT2D eigenvalue weighted by atomic mass is 10.1. The van der Waals surface area contributed by atoms with Crippen molar-refractivity contribution in [2.45, 2.75) is 18.1 Å². The molecule has 7 heteroatoms. The molecule has 1 fully saturated rings. The quantitative estimate of drug-likeness (QED) is 0.261. The van der Waals surface area contributed by atoms with Gasteiger partial charge in [0, 0.05) is 19.3 Å². The van der Waals surface area contributed by atoms with Gasteiger partial charge in [-0.25, -0.2) is 8.42 Å². The van der Waals surface area contributed by atoms with Gasteiger partial charge < -0.3 is 15.8 Å². The summed E-state index contributed by atoms with van der Waals surface area (Å²) in [6.45, 7) is 0.955. The normalized spacial score (nSPS) is 25.1. The molecule has 0 aromatic heterocycles. The molecule has 1 unspecified atom stereocenters. The number of piperidine rings is 1. The van der Waals surface area contributed by atoms with Crippen molar-refractivity contribution in [3.8, 4) is 0 Å². The molecule has 6 nitrogen and oxygen atoms in total. The summed E-state index contributed by atoms with van der Waals surface area (Å²) in [5, 5.41) is 10.9. The van der Waals surface area contributed by atoms with E-state index >= 15 is 0 Å². The van der Waals surface area contributed by atoms with Gasteiger partial charge in [0.25, 0.3) is 0 Å². The zero-order chi connectivity index (χ0) is 10.8. The van der Waals surface area contributed by atoms with Gasteiger partial charge in [-0.15, -0.1) is 0 Å². The Bertz CT molecular complexity index is 325. The van der Waals surface area contributed by atoms with Crippen LogP contribution in [0.5, 0.6) is 0 Å². The predicted molar refractivity (Wildman–Crippen MR) is 52.8 cm³/mol. The van der Waals surface area contributed by atoms with E-state index in [2.05, 4.69) is 5.16 Å². The Morgan fingerprint density at radius 3 is 2.79 bits per heavy atom. The molecule has 82 valence electrons. The Morgan fingerprint density at radius 2 is 2.29 bits per heavy atom. The molecule has 0 amide bonds. The van der Waals surface area contributed by atoms with Gasteiger partial charge in [-0.05, 0) is 12.8 Å². The van der Waals surface area contributed by atoms with Crippen LogP contribution in [0.15, 0.2) is 5.16 Å². The van der Waals surface area contributed by atoms with E-state index in [1.165, 1.54) is 6.26 Å². The third-order valence-corrected chi connectivity index (χ3v) is 4.01. The smallest absolute Gasteiger partial charge is 0.233 e. The Balaban J connectivity index is 2.70. The number of likely N-dealkylation sites (tertiary alicyclic amines) is 1. The van der Waals surface area contributed by atoms with E-state index in [1.54, 1.807) is 4.90 Å². The van der Waals surface area contributed by atoms with Crippen molar-refractivity contribution in [3.63, 3.8) is 0 Å². The zero-order valence-corrected chi connectivity index (χ0v) is 8.87. The summed E-state index contributed by atoms with van der Waals surface area (Å²) in [5.74, 6) is -0.0154. The number of guanidine groups is 1. The molecule has 14 heavy (non-hydrogen) atoms. The lowest BCUT2D eigenvalue weighted by Crippen LogP contribution is -2.47. The Morgan fingerprint density at radius 1 is 1.64 bits per heavy atom. The minimum absolute atomic E-state index is 0.0154. The standard InChI is InChI=1S/C7H15N3O3S/c1-14(12,13)6-3-2-4-10(5-6)7(8)9-11/h6,11H,2-5H2,1H3,(H2,8,9). The fourth-order valence-corrected chi connectivity index (χ4v) is 2.60. The first-order chi connectivity index (χ1) is 6.45. The van der Waals surface area contributed by atoms with Crippen LogP contribution in [0, 0.1) is 0 Å². The van der Waals surface area contributed by atoms with E-state index in [1.807, 2.05) is 0 Å². The molecule has 1 aliphatic rings. The molecule has 0 aliphatic carbocycles. The summed E-state index contributed by atoms with van der Waals surface area (Å²) in [4.78, 5) is 1.58. The van der Waals surface area contributed by atoms with Gasteiger partial charge >= 0.3 is 0 Å². The first kappa shape index (κ1) is 11.1. The lowest BCUT2D eigenvalue weighted by Gasteiger charge is -2.31. The van der Waals surface area contributed by atoms with Crippen LogP contribution in [0.2, 0.25) is 0 Å². The molecule has 1 rings (SSSR count). The summed E-state index contributed by atoms with van der Waals surface area (Å²) < 4.78 is 22.5. The number of hydrogen-bond donors (Lipinski definition) is 2. The molecule has 1 atom stereocenters. The van der Waals surface area contributed by atoms with E-state index in [0.29, 0.717) is 19.5 Å². The topological polar surface area (TPSA) is 96.0 Å². The van der Waals surface area contributed by atoms with Crippen molar-refractivity contribution in [1.29, 1.82) is 0 Å². The average Bonchev–Trinajstić information content (AvgIpc) is 2.15. The fraction of sp³-hybridized carbons (Fsp3) is 0.857. The minimum Gasteiger partial charge on any atom is -0.408 e. The highest BCUT2D eigenvalue weighted by Gasteiger charge is 2.28. The maximum Gasteiger partial charge on any atom is 0.233 e. The van der Waals surface area contributed by atoms with Crippen LogP contribution in [0.3, 0.4) is 0 Å². The third-order valence-electron chi connectivity index (χ3n) is 2.41. The summed E-state index contributed by atoms with van der Waals surface area (Å²) in [7, 11) is -3.03. The fourth-order valence-electron chi connectivity index (χ4n) is 1.56. The number of sulfone groups is 1. The van der Waals surface area contributed by atoms with E-state index in [9.17, 15) is 8.42 Å². The van der Waals surface area contributed by atoms with E-state index < -0.39 is 15.1 Å². The largest absolute Gasteiger partial charge is 0.408 e. The molecule has 0 bridgehead atoms. The molecule has 0 aromatic rings. The van der Waals surface area contributed by atoms with Gasteiger partial charge in [0.15, 0.2) is 9.84 Å². The van der Waals surface area contributed by atoms with Gasteiger partial charge in [-0.1, -0.05) is 5.16 Å². The van der Waals surface area contributed by atoms with Crippen molar-refractivity contribution in [2.75, 3.05) is 19.3 Å². The van der Waals surface area contributed by atoms with Gasteiger partial charge in [0.2, 0.25) is 5.96 Å². The van der Waals surface area contributed by atoms with Crippen LogP contribution < -0.4 is 5.73 Å². The average molecular weight is 221 g/mol. The molecule has 0 spiro atoms. The van der Waals surface area contributed by atoms with Crippen molar-refractivity contribution < 1.29 is 13.6 Å². The second-order valence-corrected chi connectivity index (χ2v) is 5.82. The number of nitrogens with two attached hydrogens (primary N) is 1. The highest BCUT2D eigenvalue weighted by atomic mass is 32.2. The maximum atomic E-state index is 11.3. The van der Waals surface area contributed by atoms with Crippen molar-refractivity contribution in [2.24, 2.45) is 10.9 Å². The highest BCUT2D eigenvalue weighted by molar-refractivity contribution is 7.91. The third kappa shape index (κ3) is 2.50. The van der Waals surface area contributed by atoms with Crippen LogP contribution in [-0.2, 0) is 9.84 Å². The Kier molecular flexibility index (Phi) is 3.20. The van der Waals surface area contributed by atoms with Crippen LogP contribution >= 0.6 is 0 Å². The monoisotopic (exact) mass is 221 g/mol. The molecular weight excluding hydrogens is 206 g/mol.